The molecule has 2 aliphatic heterocycles. The predicted octanol–water partition coefficient (Wildman–Crippen LogP) is 1.91. The average Bonchev–Trinajstić information content (AvgIpc) is 2.87. The van der Waals surface area contributed by atoms with Gasteiger partial charge in [0, 0.05) is 25.8 Å². The van der Waals surface area contributed by atoms with Gasteiger partial charge in [0.05, 0.1) is 12.6 Å². The van der Waals surface area contributed by atoms with Crippen LogP contribution >= 0.6 is 0 Å². The topological polar surface area (TPSA) is 50.3 Å². The Morgan fingerprint density at radius 3 is 3.05 bits per heavy atom. The second-order valence-electron chi connectivity index (χ2n) is 5.66. The van der Waals surface area contributed by atoms with Gasteiger partial charge in [-0.25, -0.2) is 9.97 Å². The van der Waals surface area contributed by atoms with Gasteiger partial charge in [0.2, 0.25) is 0 Å². The molecular weight excluding hydrogens is 240 g/mol. The van der Waals surface area contributed by atoms with Crippen LogP contribution < -0.4 is 10.2 Å². The summed E-state index contributed by atoms with van der Waals surface area (Å²) < 4.78 is 5.48. The van der Waals surface area contributed by atoms with E-state index in [1.54, 1.807) is 6.33 Å². The normalized spacial score (nSPS) is 27.5. The molecule has 2 saturated heterocycles. The van der Waals surface area contributed by atoms with Crippen LogP contribution in [-0.2, 0) is 4.74 Å². The quantitative estimate of drug-likeness (QED) is 0.902. The molecule has 2 fully saturated rings. The Morgan fingerprint density at radius 1 is 1.37 bits per heavy atom. The zero-order valence-corrected chi connectivity index (χ0v) is 11.5. The molecule has 2 aliphatic rings. The van der Waals surface area contributed by atoms with E-state index in [1.807, 2.05) is 0 Å². The summed E-state index contributed by atoms with van der Waals surface area (Å²) in [5, 5.41) is 3.45. The maximum Gasteiger partial charge on any atom is 0.134 e. The molecule has 0 bridgehead atoms. The van der Waals surface area contributed by atoms with Crippen molar-refractivity contribution in [3.05, 3.63) is 12.4 Å². The Bertz CT molecular complexity index is 420. The van der Waals surface area contributed by atoms with E-state index in [2.05, 4.69) is 33.2 Å². The molecule has 1 aromatic rings. The number of anilines is 2. The lowest BCUT2D eigenvalue weighted by Gasteiger charge is -2.24. The Labute approximate surface area is 114 Å². The molecule has 0 aliphatic carbocycles. The van der Waals surface area contributed by atoms with Crippen molar-refractivity contribution in [2.75, 3.05) is 36.5 Å². The van der Waals surface area contributed by atoms with E-state index < -0.39 is 0 Å². The highest BCUT2D eigenvalue weighted by Crippen LogP contribution is 2.23. The highest BCUT2D eigenvalue weighted by molar-refractivity contribution is 5.49. The van der Waals surface area contributed by atoms with Crippen molar-refractivity contribution in [3.8, 4) is 0 Å². The molecule has 3 rings (SSSR count). The van der Waals surface area contributed by atoms with Crippen LogP contribution in [0.5, 0.6) is 0 Å². The number of hydrogen-bond acceptors (Lipinski definition) is 5. The molecule has 5 nitrogen and oxygen atoms in total. The van der Waals surface area contributed by atoms with Crippen molar-refractivity contribution in [1.29, 1.82) is 0 Å². The van der Waals surface area contributed by atoms with Crippen LogP contribution in [0.3, 0.4) is 0 Å². The average molecular weight is 262 g/mol. The van der Waals surface area contributed by atoms with Gasteiger partial charge in [-0.3, -0.25) is 0 Å². The van der Waals surface area contributed by atoms with Gasteiger partial charge in [0.25, 0.3) is 0 Å². The Morgan fingerprint density at radius 2 is 2.32 bits per heavy atom. The summed E-state index contributed by atoms with van der Waals surface area (Å²) in [6.07, 6.45) is 5.19. The molecule has 3 heterocycles. The fourth-order valence-electron chi connectivity index (χ4n) is 2.81. The van der Waals surface area contributed by atoms with Crippen molar-refractivity contribution < 1.29 is 4.74 Å². The van der Waals surface area contributed by atoms with Crippen LogP contribution in [0.4, 0.5) is 11.6 Å². The van der Waals surface area contributed by atoms with Crippen molar-refractivity contribution in [2.45, 2.75) is 32.2 Å². The lowest BCUT2D eigenvalue weighted by atomic mass is 10.1. The summed E-state index contributed by atoms with van der Waals surface area (Å²) in [6, 6.07) is 2.45. The van der Waals surface area contributed by atoms with E-state index in [0.29, 0.717) is 6.04 Å². The molecular formula is C14H22N4O. The lowest BCUT2D eigenvalue weighted by Crippen LogP contribution is -2.30. The van der Waals surface area contributed by atoms with Crippen molar-refractivity contribution in [2.24, 2.45) is 5.92 Å². The minimum absolute atomic E-state index is 0.383. The minimum atomic E-state index is 0.383. The summed E-state index contributed by atoms with van der Waals surface area (Å²) in [5.41, 5.74) is 0. The van der Waals surface area contributed by atoms with Gasteiger partial charge in [-0.15, -0.1) is 0 Å². The molecule has 5 heteroatoms. The van der Waals surface area contributed by atoms with E-state index in [0.717, 1.165) is 56.7 Å². The second-order valence-corrected chi connectivity index (χ2v) is 5.66. The first-order chi connectivity index (χ1) is 9.31. The fraction of sp³-hybridized carbons (Fsp3) is 0.714. The first-order valence-corrected chi connectivity index (χ1v) is 7.22. The summed E-state index contributed by atoms with van der Waals surface area (Å²) >= 11 is 0. The van der Waals surface area contributed by atoms with Gasteiger partial charge in [0.1, 0.15) is 18.0 Å². The van der Waals surface area contributed by atoms with Crippen LogP contribution in [0.2, 0.25) is 0 Å². The molecule has 19 heavy (non-hydrogen) atoms. The van der Waals surface area contributed by atoms with Gasteiger partial charge in [-0.2, -0.15) is 0 Å². The van der Waals surface area contributed by atoms with Crippen molar-refractivity contribution >= 4 is 11.6 Å². The first kappa shape index (κ1) is 12.7. The summed E-state index contributed by atoms with van der Waals surface area (Å²) in [5.74, 6) is 2.72. The molecule has 0 saturated carbocycles. The zero-order valence-electron chi connectivity index (χ0n) is 11.5. The third-order valence-corrected chi connectivity index (χ3v) is 3.91. The van der Waals surface area contributed by atoms with E-state index >= 15 is 0 Å². The molecule has 1 N–H and O–H groups in total. The van der Waals surface area contributed by atoms with Gasteiger partial charge in [-0.1, -0.05) is 6.92 Å². The van der Waals surface area contributed by atoms with Crippen LogP contribution in [0.25, 0.3) is 0 Å². The number of rotatable bonds is 3. The maximum atomic E-state index is 5.48. The van der Waals surface area contributed by atoms with Gasteiger partial charge < -0.3 is 15.0 Å². The number of aromatic nitrogens is 2. The third kappa shape index (κ3) is 3.15. The zero-order chi connectivity index (χ0) is 13.1. The number of nitrogens with zero attached hydrogens (tertiary/aromatic N) is 3. The summed E-state index contributed by atoms with van der Waals surface area (Å²) in [6.45, 7) is 6.16. The predicted molar refractivity (Wildman–Crippen MR) is 75.5 cm³/mol. The van der Waals surface area contributed by atoms with Crippen molar-refractivity contribution in [3.63, 3.8) is 0 Å². The van der Waals surface area contributed by atoms with E-state index in [1.165, 1.54) is 6.42 Å². The molecule has 0 amide bonds. The van der Waals surface area contributed by atoms with E-state index in [4.69, 9.17) is 4.74 Å². The van der Waals surface area contributed by atoms with Crippen LogP contribution in [0.15, 0.2) is 12.4 Å². The molecule has 2 atom stereocenters. The Balaban J connectivity index is 1.65. The minimum Gasteiger partial charge on any atom is -0.379 e. The monoisotopic (exact) mass is 262 g/mol. The standard InChI is InChI=1S/C14H22N4O/c1-11-4-5-18(8-11)14-7-13(15-10-16-14)17-12-3-2-6-19-9-12/h7,10-12H,2-6,8-9H2,1H3,(H,15,16,17)/t11-,12+/m0/s1. The number of nitrogens with one attached hydrogen (secondary N) is 1. The van der Waals surface area contributed by atoms with Gasteiger partial charge in [0.15, 0.2) is 0 Å². The Hall–Kier alpha value is -1.36. The van der Waals surface area contributed by atoms with Crippen LogP contribution in [0.1, 0.15) is 26.2 Å². The van der Waals surface area contributed by atoms with Gasteiger partial charge >= 0.3 is 0 Å². The highest BCUT2D eigenvalue weighted by atomic mass is 16.5. The summed E-state index contributed by atoms with van der Waals surface area (Å²) in [4.78, 5) is 11.1. The SMILES string of the molecule is C[C@H]1CCN(c2cc(N[C@@H]3CCCOC3)ncn2)C1. The maximum absolute atomic E-state index is 5.48. The molecule has 104 valence electrons. The summed E-state index contributed by atoms with van der Waals surface area (Å²) in [7, 11) is 0. The third-order valence-electron chi connectivity index (χ3n) is 3.91. The first-order valence-electron chi connectivity index (χ1n) is 7.22. The molecule has 0 unspecified atom stereocenters. The molecule has 1 aromatic heterocycles. The number of ether oxygens (including phenoxy) is 1. The largest absolute Gasteiger partial charge is 0.379 e. The van der Waals surface area contributed by atoms with E-state index in [9.17, 15) is 0 Å². The van der Waals surface area contributed by atoms with Crippen LogP contribution in [0, 0.1) is 5.92 Å². The molecule has 0 radical (unpaired) electrons. The second kappa shape index (κ2) is 5.74. The van der Waals surface area contributed by atoms with E-state index in [-0.39, 0.29) is 0 Å². The Kier molecular flexibility index (Phi) is 3.82. The van der Waals surface area contributed by atoms with Crippen molar-refractivity contribution in [1.82, 2.24) is 9.97 Å². The number of hydrogen-bond donors (Lipinski definition) is 1. The molecule has 0 aromatic carbocycles. The van der Waals surface area contributed by atoms with Gasteiger partial charge in [-0.05, 0) is 25.2 Å². The lowest BCUT2D eigenvalue weighted by molar-refractivity contribution is 0.0875. The smallest absolute Gasteiger partial charge is 0.134 e. The molecule has 0 spiro atoms. The van der Waals surface area contributed by atoms with Crippen LogP contribution in [-0.4, -0.2) is 42.3 Å². The fourth-order valence-corrected chi connectivity index (χ4v) is 2.81. The highest BCUT2D eigenvalue weighted by Gasteiger charge is 2.20.